The Labute approximate surface area is 167 Å². The average molecular weight is 399 g/mol. The number of non-ortho nitro benzene ring substituents is 1. The van der Waals surface area contributed by atoms with E-state index >= 15 is 0 Å². The van der Waals surface area contributed by atoms with Gasteiger partial charge in [-0.25, -0.2) is 4.79 Å². The summed E-state index contributed by atoms with van der Waals surface area (Å²) in [6.45, 7) is 1.83. The third-order valence-corrected chi connectivity index (χ3v) is 4.51. The number of piperazine rings is 1. The van der Waals surface area contributed by atoms with Crippen LogP contribution in [0.3, 0.4) is 0 Å². The maximum atomic E-state index is 12.2. The van der Waals surface area contributed by atoms with Gasteiger partial charge in [-0.3, -0.25) is 14.9 Å². The molecule has 9 heteroatoms. The van der Waals surface area contributed by atoms with Crippen molar-refractivity contribution in [3.05, 3.63) is 64.7 Å². The molecule has 1 heterocycles. The van der Waals surface area contributed by atoms with Crippen LogP contribution in [0.4, 0.5) is 11.4 Å². The highest BCUT2D eigenvalue weighted by Gasteiger charge is 2.22. The lowest BCUT2D eigenvalue weighted by atomic mass is 10.2. The smallest absolute Gasteiger partial charge is 0.344 e. The molecule has 1 aliphatic rings. The number of amides is 1. The van der Waals surface area contributed by atoms with E-state index in [0.717, 1.165) is 5.69 Å². The van der Waals surface area contributed by atoms with Crippen molar-refractivity contribution in [2.75, 3.05) is 44.3 Å². The van der Waals surface area contributed by atoms with Crippen LogP contribution in [-0.2, 0) is 14.3 Å². The van der Waals surface area contributed by atoms with Crippen molar-refractivity contribution in [2.45, 2.75) is 0 Å². The number of nitro groups is 1. The average Bonchev–Trinajstić information content (AvgIpc) is 2.77. The van der Waals surface area contributed by atoms with E-state index in [-0.39, 0.29) is 24.8 Å². The van der Waals surface area contributed by atoms with E-state index in [0.29, 0.717) is 31.9 Å². The van der Waals surface area contributed by atoms with Crippen LogP contribution in [0.25, 0.3) is 0 Å². The van der Waals surface area contributed by atoms with Crippen molar-refractivity contribution in [2.24, 2.45) is 0 Å². The van der Waals surface area contributed by atoms with Crippen LogP contribution in [0.5, 0.6) is 5.75 Å². The topological polar surface area (TPSA) is 102 Å². The van der Waals surface area contributed by atoms with E-state index in [4.69, 9.17) is 9.47 Å². The van der Waals surface area contributed by atoms with Crippen molar-refractivity contribution in [3.63, 3.8) is 0 Å². The van der Waals surface area contributed by atoms with Crippen LogP contribution in [0, 0.1) is 10.1 Å². The Morgan fingerprint density at radius 1 is 0.931 bits per heavy atom. The summed E-state index contributed by atoms with van der Waals surface area (Å²) in [5.41, 5.74) is 1.05. The Balaban J connectivity index is 1.37. The fraction of sp³-hybridized carbons (Fsp3) is 0.300. The first-order chi connectivity index (χ1) is 14.0. The predicted molar refractivity (Wildman–Crippen MR) is 105 cm³/mol. The lowest BCUT2D eigenvalue weighted by Gasteiger charge is -2.36. The SMILES string of the molecule is O=C(COc1ccc([N+](=O)[O-])cc1)OCC(=O)N1CCN(c2ccccc2)CC1. The number of rotatable bonds is 7. The maximum Gasteiger partial charge on any atom is 0.344 e. The van der Waals surface area contributed by atoms with E-state index in [2.05, 4.69) is 4.90 Å². The number of ether oxygens (including phenoxy) is 2. The number of hydrogen-bond acceptors (Lipinski definition) is 7. The van der Waals surface area contributed by atoms with E-state index in [1.807, 2.05) is 30.3 Å². The van der Waals surface area contributed by atoms with Crippen molar-refractivity contribution in [1.29, 1.82) is 0 Å². The summed E-state index contributed by atoms with van der Waals surface area (Å²) in [4.78, 5) is 38.0. The molecule has 1 aliphatic heterocycles. The van der Waals surface area contributed by atoms with Crippen LogP contribution in [0.15, 0.2) is 54.6 Å². The molecule has 0 atom stereocenters. The van der Waals surface area contributed by atoms with Gasteiger partial charge in [-0.2, -0.15) is 0 Å². The zero-order valence-corrected chi connectivity index (χ0v) is 15.7. The van der Waals surface area contributed by atoms with Gasteiger partial charge in [0.15, 0.2) is 13.2 Å². The molecule has 3 rings (SSSR count). The first kappa shape index (κ1) is 20.1. The van der Waals surface area contributed by atoms with Gasteiger partial charge in [0.2, 0.25) is 0 Å². The van der Waals surface area contributed by atoms with Gasteiger partial charge in [-0.15, -0.1) is 0 Å². The van der Waals surface area contributed by atoms with Gasteiger partial charge in [0.05, 0.1) is 4.92 Å². The zero-order chi connectivity index (χ0) is 20.6. The van der Waals surface area contributed by atoms with Crippen LogP contribution in [0.2, 0.25) is 0 Å². The van der Waals surface area contributed by atoms with Gasteiger partial charge in [0, 0.05) is 44.0 Å². The fourth-order valence-electron chi connectivity index (χ4n) is 2.93. The van der Waals surface area contributed by atoms with E-state index in [9.17, 15) is 19.7 Å². The number of nitro benzene ring substituents is 1. The molecule has 1 fully saturated rings. The molecule has 1 saturated heterocycles. The molecule has 0 unspecified atom stereocenters. The summed E-state index contributed by atoms with van der Waals surface area (Å²) in [5, 5.41) is 10.6. The summed E-state index contributed by atoms with van der Waals surface area (Å²) in [6, 6.07) is 15.3. The Hall–Kier alpha value is -3.62. The van der Waals surface area contributed by atoms with Crippen molar-refractivity contribution < 1.29 is 24.0 Å². The van der Waals surface area contributed by atoms with E-state index < -0.39 is 10.9 Å². The molecular formula is C20H21N3O6. The van der Waals surface area contributed by atoms with Crippen LogP contribution in [-0.4, -0.2) is 61.1 Å². The van der Waals surface area contributed by atoms with Gasteiger partial charge in [0.1, 0.15) is 5.75 Å². The number of nitrogens with zero attached hydrogens (tertiary/aromatic N) is 3. The summed E-state index contributed by atoms with van der Waals surface area (Å²) in [5.74, 6) is -0.628. The molecule has 0 radical (unpaired) electrons. The molecule has 9 nitrogen and oxygen atoms in total. The minimum absolute atomic E-state index is 0.0714. The first-order valence-electron chi connectivity index (χ1n) is 9.13. The number of carbonyl (C=O) groups excluding carboxylic acids is 2. The summed E-state index contributed by atoms with van der Waals surface area (Å²) < 4.78 is 10.2. The normalized spacial score (nSPS) is 13.7. The molecule has 2 aromatic rings. The quantitative estimate of drug-likeness (QED) is 0.398. The third-order valence-electron chi connectivity index (χ3n) is 4.51. The molecule has 2 aromatic carbocycles. The summed E-state index contributed by atoms with van der Waals surface area (Å²) in [6.07, 6.45) is 0. The highest BCUT2D eigenvalue weighted by molar-refractivity contribution is 5.81. The Morgan fingerprint density at radius 2 is 1.59 bits per heavy atom. The largest absolute Gasteiger partial charge is 0.482 e. The van der Waals surface area contributed by atoms with Gasteiger partial charge in [-0.05, 0) is 24.3 Å². The highest BCUT2D eigenvalue weighted by atomic mass is 16.6. The minimum Gasteiger partial charge on any atom is -0.482 e. The van der Waals surface area contributed by atoms with Crippen LogP contribution < -0.4 is 9.64 Å². The molecule has 29 heavy (non-hydrogen) atoms. The van der Waals surface area contributed by atoms with Gasteiger partial charge >= 0.3 is 5.97 Å². The predicted octanol–water partition coefficient (Wildman–Crippen LogP) is 1.87. The Morgan fingerprint density at radius 3 is 2.21 bits per heavy atom. The number of anilines is 1. The van der Waals surface area contributed by atoms with Crippen LogP contribution in [0.1, 0.15) is 0 Å². The summed E-state index contributed by atoms with van der Waals surface area (Å²) in [7, 11) is 0. The second kappa shape index (κ2) is 9.54. The lowest BCUT2D eigenvalue weighted by molar-refractivity contribution is -0.384. The second-order valence-electron chi connectivity index (χ2n) is 6.40. The monoisotopic (exact) mass is 399 g/mol. The number of carbonyl (C=O) groups is 2. The minimum atomic E-state index is -0.681. The third kappa shape index (κ3) is 5.68. The maximum absolute atomic E-state index is 12.2. The molecule has 0 bridgehead atoms. The molecule has 0 spiro atoms. The molecule has 0 aliphatic carbocycles. The molecule has 0 N–H and O–H groups in total. The fourth-order valence-corrected chi connectivity index (χ4v) is 2.93. The number of esters is 1. The van der Waals surface area contributed by atoms with E-state index in [1.165, 1.54) is 24.3 Å². The van der Waals surface area contributed by atoms with Crippen LogP contribution >= 0.6 is 0 Å². The number of hydrogen-bond donors (Lipinski definition) is 0. The Kier molecular flexibility index (Phi) is 6.62. The standard InChI is InChI=1S/C20H21N3O6/c24-19(22-12-10-21(11-13-22)16-4-2-1-3-5-16)14-29-20(25)15-28-18-8-6-17(7-9-18)23(26)27/h1-9H,10-15H2. The molecule has 152 valence electrons. The van der Waals surface area contributed by atoms with Crippen molar-refractivity contribution >= 4 is 23.3 Å². The molecular weight excluding hydrogens is 378 g/mol. The van der Waals surface area contributed by atoms with Gasteiger partial charge in [-0.1, -0.05) is 18.2 Å². The highest BCUT2D eigenvalue weighted by Crippen LogP contribution is 2.17. The number of benzene rings is 2. The zero-order valence-electron chi connectivity index (χ0n) is 15.7. The first-order valence-corrected chi connectivity index (χ1v) is 9.13. The second-order valence-corrected chi connectivity index (χ2v) is 6.40. The van der Waals surface area contributed by atoms with Gasteiger partial charge in [0.25, 0.3) is 11.6 Å². The van der Waals surface area contributed by atoms with E-state index in [1.54, 1.807) is 4.90 Å². The van der Waals surface area contributed by atoms with Crippen molar-refractivity contribution in [3.8, 4) is 5.75 Å². The molecule has 1 amide bonds. The number of para-hydroxylation sites is 1. The molecule has 0 aromatic heterocycles. The Bertz CT molecular complexity index is 848. The summed E-state index contributed by atoms with van der Waals surface area (Å²) >= 11 is 0. The molecule has 0 saturated carbocycles. The van der Waals surface area contributed by atoms with Gasteiger partial charge < -0.3 is 19.3 Å². The van der Waals surface area contributed by atoms with Crippen molar-refractivity contribution in [1.82, 2.24) is 4.90 Å². The lowest BCUT2D eigenvalue weighted by Crippen LogP contribution is -2.50.